The quantitative estimate of drug-likeness (QED) is 0.797. The summed E-state index contributed by atoms with van der Waals surface area (Å²) in [5.41, 5.74) is 1.01. The van der Waals surface area contributed by atoms with E-state index < -0.39 is 6.10 Å². The monoisotopic (exact) mass is 311 g/mol. The lowest BCUT2D eigenvalue weighted by molar-refractivity contribution is 0.186. The Morgan fingerprint density at radius 3 is 3.00 bits per heavy atom. The summed E-state index contributed by atoms with van der Waals surface area (Å²) in [5.74, 6) is 0. The fraction of sp³-hybridized carbons (Fsp3) is 0.533. The minimum atomic E-state index is -0.540. The number of carbonyl (C=O) groups is 1. The second-order valence-corrected chi connectivity index (χ2v) is 5.85. The first-order valence-electron chi connectivity index (χ1n) is 7.28. The largest absolute Gasteiger partial charge is 0.392 e. The molecular formula is C15H22ClN3O2. The van der Waals surface area contributed by atoms with E-state index in [1.165, 1.54) is 0 Å². The van der Waals surface area contributed by atoms with Gasteiger partial charge < -0.3 is 20.6 Å². The molecule has 0 aromatic heterocycles. The Balaban J connectivity index is 1.89. The van der Waals surface area contributed by atoms with E-state index >= 15 is 0 Å². The molecule has 2 amide bonds. The Morgan fingerprint density at radius 1 is 1.52 bits per heavy atom. The van der Waals surface area contributed by atoms with Crippen LogP contribution in [0.4, 0.5) is 10.5 Å². The third-order valence-electron chi connectivity index (χ3n) is 3.51. The average Bonchev–Trinajstić information content (AvgIpc) is 2.46. The molecule has 6 heteroatoms. The van der Waals surface area contributed by atoms with Crippen molar-refractivity contribution in [2.45, 2.75) is 31.9 Å². The zero-order chi connectivity index (χ0) is 15.2. The molecule has 0 saturated carbocycles. The van der Waals surface area contributed by atoms with Crippen LogP contribution in [0, 0.1) is 0 Å². The van der Waals surface area contributed by atoms with Crippen LogP contribution in [0.3, 0.4) is 0 Å². The highest BCUT2D eigenvalue weighted by Gasteiger charge is 2.22. The van der Waals surface area contributed by atoms with Gasteiger partial charge in [-0.2, -0.15) is 0 Å². The van der Waals surface area contributed by atoms with Crippen molar-refractivity contribution in [3.63, 3.8) is 0 Å². The van der Waals surface area contributed by atoms with Gasteiger partial charge >= 0.3 is 6.03 Å². The van der Waals surface area contributed by atoms with Crippen molar-refractivity contribution in [3.8, 4) is 0 Å². The van der Waals surface area contributed by atoms with E-state index in [2.05, 4.69) is 15.5 Å². The predicted octanol–water partition coefficient (Wildman–Crippen LogP) is 1.99. The van der Waals surface area contributed by atoms with E-state index in [-0.39, 0.29) is 18.6 Å². The molecule has 21 heavy (non-hydrogen) atoms. The molecule has 0 radical (unpaired) electrons. The molecule has 116 valence electrons. The Kier molecular flexibility index (Phi) is 5.70. The van der Waals surface area contributed by atoms with Crippen LogP contribution in [0.5, 0.6) is 0 Å². The molecule has 0 bridgehead atoms. The maximum atomic E-state index is 11.7. The van der Waals surface area contributed by atoms with Crippen molar-refractivity contribution in [1.29, 1.82) is 0 Å². The summed E-state index contributed by atoms with van der Waals surface area (Å²) in [4.78, 5) is 13.9. The average molecular weight is 312 g/mol. The van der Waals surface area contributed by atoms with E-state index in [0.717, 1.165) is 36.6 Å². The van der Waals surface area contributed by atoms with Gasteiger partial charge in [0.1, 0.15) is 0 Å². The minimum absolute atomic E-state index is 0.0871. The molecule has 3 N–H and O–H groups in total. The van der Waals surface area contributed by atoms with Crippen molar-refractivity contribution in [1.82, 2.24) is 10.6 Å². The van der Waals surface area contributed by atoms with Gasteiger partial charge in [-0.3, -0.25) is 0 Å². The third kappa shape index (κ3) is 4.79. The van der Waals surface area contributed by atoms with Crippen molar-refractivity contribution in [2.24, 2.45) is 0 Å². The number of para-hydroxylation sites is 1. The number of halogens is 1. The number of anilines is 1. The first-order chi connectivity index (χ1) is 10.1. The number of aliphatic hydroxyl groups excluding tert-OH is 1. The van der Waals surface area contributed by atoms with Crippen LogP contribution < -0.4 is 15.5 Å². The highest BCUT2D eigenvalue weighted by atomic mass is 35.5. The standard InChI is InChI=1S/C15H22ClN3O2/c1-11(20)9-17-15(21)18-12-5-4-8-19(10-12)14-7-3-2-6-13(14)16/h2-3,6-7,11-12,20H,4-5,8-10H2,1H3,(H2,17,18,21)/t11-,12?/m1/s1. The summed E-state index contributed by atoms with van der Waals surface area (Å²) in [6.07, 6.45) is 1.41. The number of aliphatic hydroxyl groups is 1. The van der Waals surface area contributed by atoms with Crippen LogP contribution in [0.1, 0.15) is 19.8 Å². The molecule has 1 unspecified atom stereocenters. The summed E-state index contributed by atoms with van der Waals surface area (Å²) in [5, 5.41) is 15.5. The van der Waals surface area contributed by atoms with E-state index in [1.54, 1.807) is 6.92 Å². The number of hydrogen-bond acceptors (Lipinski definition) is 3. The zero-order valence-electron chi connectivity index (χ0n) is 12.2. The normalized spacial score (nSPS) is 20.0. The molecule has 1 saturated heterocycles. The van der Waals surface area contributed by atoms with E-state index in [9.17, 15) is 4.79 Å². The lowest BCUT2D eigenvalue weighted by Gasteiger charge is -2.35. The number of urea groups is 1. The Morgan fingerprint density at radius 2 is 2.29 bits per heavy atom. The first-order valence-corrected chi connectivity index (χ1v) is 7.66. The fourth-order valence-electron chi connectivity index (χ4n) is 2.50. The SMILES string of the molecule is C[C@@H](O)CNC(=O)NC1CCCN(c2ccccc2Cl)C1. The number of piperidine rings is 1. The molecule has 0 spiro atoms. The van der Waals surface area contributed by atoms with Crippen LogP contribution in [0.25, 0.3) is 0 Å². The summed E-state index contributed by atoms with van der Waals surface area (Å²) in [6.45, 7) is 3.58. The maximum absolute atomic E-state index is 11.7. The molecule has 1 aliphatic heterocycles. The first kappa shape index (κ1) is 15.9. The fourth-order valence-corrected chi connectivity index (χ4v) is 2.75. The second kappa shape index (κ2) is 7.52. The molecule has 1 heterocycles. The van der Waals surface area contributed by atoms with Crippen LogP contribution in [-0.2, 0) is 0 Å². The summed E-state index contributed by atoms with van der Waals surface area (Å²) in [6, 6.07) is 7.61. The van der Waals surface area contributed by atoms with Crippen LogP contribution in [0.15, 0.2) is 24.3 Å². The molecule has 2 rings (SSSR count). The Labute approximate surface area is 130 Å². The molecule has 1 aliphatic rings. The number of nitrogens with zero attached hydrogens (tertiary/aromatic N) is 1. The highest BCUT2D eigenvalue weighted by molar-refractivity contribution is 6.33. The summed E-state index contributed by atoms with van der Waals surface area (Å²) >= 11 is 6.23. The van der Waals surface area contributed by atoms with Gasteiger partial charge in [-0.05, 0) is 31.9 Å². The van der Waals surface area contributed by atoms with Gasteiger partial charge in [0.15, 0.2) is 0 Å². The van der Waals surface area contributed by atoms with E-state index in [0.29, 0.717) is 0 Å². The smallest absolute Gasteiger partial charge is 0.315 e. The Bertz CT molecular complexity index is 482. The summed E-state index contributed by atoms with van der Waals surface area (Å²) < 4.78 is 0. The van der Waals surface area contributed by atoms with Crippen LogP contribution in [-0.4, -0.2) is 42.9 Å². The molecule has 0 aliphatic carbocycles. The topological polar surface area (TPSA) is 64.6 Å². The highest BCUT2D eigenvalue weighted by Crippen LogP contribution is 2.27. The molecule has 1 aromatic rings. The van der Waals surface area contributed by atoms with E-state index in [4.69, 9.17) is 16.7 Å². The number of amides is 2. The van der Waals surface area contributed by atoms with Gasteiger partial charge in [-0.15, -0.1) is 0 Å². The number of benzene rings is 1. The number of hydrogen-bond donors (Lipinski definition) is 3. The third-order valence-corrected chi connectivity index (χ3v) is 3.83. The molecule has 1 aromatic carbocycles. The number of nitrogens with one attached hydrogen (secondary N) is 2. The number of carbonyl (C=O) groups excluding carboxylic acids is 1. The van der Waals surface area contributed by atoms with Gasteiger partial charge in [-0.25, -0.2) is 4.79 Å². The molecule has 1 fully saturated rings. The minimum Gasteiger partial charge on any atom is -0.392 e. The molecule has 2 atom stereocenters. The van der Waals surface area contributed by atoms with Crippen molar-refractivity contribution in [3.05, 3.63) is 29.3 Å². The molecular weight excluding hydrogens is 290 g/mol. The van der Waals surface area contributed by atoms with Crippen molar-refractivity contribution >= 4 is 23.3 Å². The molecule has 5 nitrogen and oxygen atoms in total. The van der Waals surface area contributed by atoms with Gasteiger partial charge in [0.2, 0.25) is 0 Å². The van der Waals surface area contributed by atoms with Gasteiger partial charge in [0.05, 0.1) is 16.8 Å². The zero-order valence-corrected chi connectivity index (χ0v) is 12.9. The lowest BCUT2D eigenvalue weighted by Crippen LogP contribution is -2.51. The van der Waals surface area contributed by atoms with Gasteiger partial charge in [0.25, 0.3) is 0 Å². The van der Waals surface area contributed by atoms with Gasteiger partial charge in [0, 0.05) is 25.7 Å². The summed E-state index contributed by atoms with van der Waals surface area (Å²) in [7, 11) is 0. The second-order valence-electron chi connectivity index (χ2n) is 5.44. The van der Waals surface area contributed by atoms with E-state index in [1.807, 2.05) is 24.3 Å². The predicted molar refractivity (Wildman–Crippen MR) is 84.9 cm³/mol. The van der Waals surface area contributed by atoms with Crippen LogP contribution in [0.2, 0.25) is 5.02 Å². The van der Waals surface area contributed by atoms with Crippen molar-refractivity contribution < 1.29 is 9.90 Å². The Hall–Kier alpha value is -1.46. The van der Waals surface area contributed by atoms with Gasteiger partial charge in [-0.1, -0.05) is 23.7 Å². The van der Waals surface area contributed by atoms with Crippen LogP contribution >= 0.6 is 11.6 Å². The maximum Gasteiger partial charge on any atom is 0.315 e. The van der Waals surface area contributed by atoms with Crippen molar-refractivity contribution in [2.75, 3.05) is 24.5 Å². The number of rotatable bonds is 4. The lowest BCUT2D eigenvalue weighted by atomic mass is 10.1.